The predicted octanol–water partition coefficient (Wildman–Crippen LogP) is -1.07. The Labute approximate surface area is 108 Å². The number of aromatic nitrogens is 5. The zero-order chi connectivity index (χ0) is 13.7. The molecular weight excluding hydrogens is 252 g/mol. The van der Waals surface area contributed by atoms with E-state index in [1.807, 2.05) is 0 Å². The van der Waals surface area contributed by atoms with Crippen molar-refractivity contribution < 1.29 is 9.53 Å². The molecule has 2 rings (SSSR count). The van der Waals surface area contributed by atoms with Gasteiger partial charge in [0.15, 0.2) is 0 Å². The van der Waals surface area contributed by atoms with Gasteiger partial charge in [0.1, 0.15) is 12.9 Å². The molecule has 0 aromatic carbocycles. The van der Waals surface area contributed by atoms with Crippen molar-refractivity contribution in [2.45, 2.75) is 0 Å². The lowest BCUT2D eigenvalue weighted by Crippen LogP contribution is -2.19. The van der Waals surface area contributed by atoms with Crippen LogP contribution in [0.15, 0.2) is 18.7 Å². The number of carbonyl (C=O) groups excluding carboxylic acids is 1. The monoisotopic (exact) mass is 264 g/mol. The number of nitrogen functional groups attached to an aromatic ring is 1. The fourth-order valence-electron chi connectivity index (χ4n) is 1.22. The number of nitrogens with one attached hydrogen (secondary N) is 2. The summed E-state index contributed by atoms with van der Waals surface area (Å²) in [7, 11) is 1.29. The van der Waals surface area contributed by atoms with Crippen LogP contribution in [0.4, 0.5) is 11.9 Å². The third kappa shape index (κ3) is 3.13. The maximum atomic E-state index is 11.0. The van der Waals surface area contributed by atoms with Crippen LogP contribution in [0.1, 0.15) is 0 Å². The molecule has 0 radical (unpaired) electrons. The minimum absolute atomic E-state index is 0.0616. The second-order valence-corrected chi connectivity index (χ2v) is 3.33. The molecule has 0 spiro atoms. The van der Waals surface area contributed by atoms with Gasteiger partial charge in [0.2, 0.25) is 17.8 Å². The molecule has 0 aliphatic carbocycles. The van der Waals surface area contributed by atoms with E-state index in [0.717, 1.165) is 0 Å². The molecule has 0 saturated heterocycles. The lowest BCUT2D eigenvalue weighted by atomic mass is 10.6. The topological polar surface area (TPSA) is 133 Å². The zero-order valence-corrected chi connectivity index (χ0v) is 10.1. The fraction of sp³-hybridized carbons (Fsp3) is 0.222. The Morgan fingerprint density at radius 3 is 2.84 bits per heavy atom. The molecule has 19 heavy (non-hydrogen) atoms. The van der Waals surface area contributed by atoms with Crippen LogP contribution < -0.4 is 16.6 Å². The molecule has 0 aliphatic heterocycles. The summed E-state index contributed by atoms with van der Waals surface area (Å²) < 4.78 is 6.08. The van der Waals surface area contributed by atoms with Crippen molar-refractivity contribution in [3.05, 3.63) is 18.7 Å². The predicted molar refractivity (Wildman–Crippen MR) is 65.3 cm³/mol. The lowest BCUT2D eigenvalue weighted by Gasteiger charge is -2.07. The van der Waals surface area contributed by atoms with Gasteiger partial charge in [-0.3, -0.25) is 14.8 Å². The van der Waals surface area contributed by atoms with E-state index in [2.05, 4.69) is 35.4 Å². The number of hydrogen-bond acceptors (Lipinski definition) is 9. The number of nitrogens with zero attached hydrogens (tertiary/aromatic N) is 5. The average molecular weight is 264 g/mol. The zero-order valence-electron chi connectivity index (χ0n) is 10.1. The summed E-state index contributed by atoms with van der Waals surface area (Å²) in [6.07, 6.45) is 4.78. The summed E-state index contributed by atoms with van der Waals surface area (Å²) in [6.45, 7) is -0.0616. The van der Waals surface area contributed by atoms with Crippen molar-refractivity contribution >= 4 is 17.9 Å². The normalized spacial score (nSPS) is 10.0. The minimum atomic E-state index is -0.438. The molecule has 10 heteroatoms. The average Bonchev–Trinajstić information content (AvgIpc) is 2.98. The molecule has 10 nitrogen and oxygen atoms in total. The largest absolute Gasteiger partial charge is 0.468 e. The molecule has 2 aromatic rings. The summed E-state index contributed by atoms with van der Waals surface area (Å²) in [4.78, 5) is 27.1. The van der Waals surface area contributed by atoms with Gasteiger partial charge in [-0.15, -0.1) is 0 Å². The summed E-state index contributed by atoms with van der Waals surface area (Å²) in [6, 6.07) is 0. The standard InChI is InChI=1S/C9H12N8O2/c1-19-6(18)4-12-7-13-8(16-10)15-9(14-7)17-3-2-11-5-17/h2-3,5H,4,10H2,1H3,(H2,12,13,14,15,16). The van der Waals surface area contributed by atoms with Crippen LogP contribution in [0, 0.1) is 0 Å². The summed E-state index contributed by atoms with van der Waals surface area (Å²) in [5.41, 5.74) is 2.32. The SMILES string of the molecule is COC(=O)CNc1nc(NN)nc(-n2ccnc2)n1. The molecule has 0 saturated carbocycles. The van der Waals surface area contributed by atoms with Crippen LogP contribution in [0.2, 0.25) is 0 Å². The second kappa shape index (κ2) is 5.73. The third-order valence-corrected chi connectivity index (χ3v) is 2.11. The van der Waals surface area contributed by atoms with Crippen LogP contribution in [0.3, 0.4) is 0 Å². The second-order valence-electron chi connectivity index (χ2n) is 3.33. The first kappa shape index (κ1) is 12.7. The summed E-state index contributed by atoms with van der Waals surface area (Å²) >= 11 is 0. The van der Waals surface area contributed by atoms with Crippen LogP contribution in [-0.2, 0) is 9.53 Å². The van der Waals surface area contributed by atoms with Gasteiger partial charge in [-0.05, 0) is 0 Å². The number of hydrogen-bond donors (Lipinski definition) is 3. The molecule has 0 bridgehead atoms. The van der Waals surface area contributed by atoms with Crippen molar-refractivity contribution in [1.29, 1.82) is 0 Å². The molecule has 0 fully saturated rings. The Kier molecular flexibility index (Phi) is 3.83. The first-order valence-corrected chi connectivity index (χ1v) is 5.24. The number of nitrogens with two attached hydrogens (primary N) is 1. The van der Waals surface area contributed by atoms with Crippen molar-refractivity contribution in [1.82, 2.24) is 24.5 Å². The maximum Gasteiger partial charge on any atom is 0.325 e. The molecule has 0 unspecified atom stereocenters. The Morgan fingerprint density at radius 2 is 2.21 bits per heavy atom. The molecule has 0 atom stereocenters. The smallest absolute Gasteiger partial charge is 0.325 e. The number of hydrazine groups is 1. The first-order valence-electron chi connectivity index (χ1n) is 5.24. The number of rotatable bonds is 5. The van der Waals surface area contributed by atoms with Gasteiger partial charge < -0.3 is 10.1 Å². The number of esters is 1. The highest BCUT2D eigenvalue weighted by molar-refractivity contribution is 5.74. The fourth-order valence-corrected chi connectivity index (χ4v) is 1.22. The molecule has 0 aliphatic rings. The molecular formula is C9H12N8O2. The van der Waals surface area contributed by atoms with E-state index in [1.165, 1.54) is 13.4 Å². The van der Waals surface area contributed by atoms with Crippen LogP contribution in [0.25, 0.3) is 5.95 Å². The Balaban J connectivity index is 2.23. The van der Waals surface area contributed by atoms with Gasteiger partial charge in [0.25, 0.3) is 0 Å². The van der Waals surface area contributed by atoms with Crippen LogP contribution in [0.5, 0.6) is 0 Å². The highest BCUT2D eigenvalue weighted by Crippen LogP contribution is 2.08. The highest BCUT2D eigenvalue weighted by Gasteiger charge is 2.08. The van der Waals surface area contributed by atoms with E-state index < -0.39 is 5.97 Å². The number of imidazole rings is 1. The molecule has 2 aromatic heterocycles. The number of ether oxygens (including phenoxy) is 1. The van der Waals surface area contributed by atoms with Gasteiger partial charge in [0.05, 0.1) is 7.11 Å². The number of carbonyl (C=O) groups is 1. The quantitative estimate of drug-likeness (QED) is 0.350. The van der Waals surface area contributed by atoms with E-state index in [4.69, 9.17) is 5.84 Å². The number of anilines is 2. The maximum absolute atomic E-state index is 11.0. The van der Waals surface area contributed by atoms with Crippen molar-refractivity contribution in [3.8, 4) is 5.95 Å². The van der Waals surface area contributed by atoms with E-state index in [9.17, 15) is 4.79 Å². The molecule has 2 heterocycles. The Morgan fingerprint density at radius 1 is 1.42 bits per heavy atom. The number of methoxy groups -OCH3 is 1. The lowest BCUT2D eigenvalue weighted by molar-refractivity contribution is -0.138. The van der Waals surface area contributed by atoms with Crippen molar-refractivity contribution in [3.63, 3.8) is 0 Å². The third-order valence-electron chi connectivity index (χ3n) is 2.11. The van der Waals surface area contributed by atoms with Gasteiger partial charge >= 0.3 is 5.97 Å². The van der Waals surface area contributed by atoms with E-state index in [-0.39, 0.29) is 18.4 Å². The summed E-state index contributed by atoms with van der Waals surface area (Å²) in [5.74, 6) is 5.50. The van der Waals surface area contributed by atoms with Gasteiger partial charge in [-0.25, -0.2) is 10.8 Å². The molecule has 100 valence electrons. The van der Waals surface area contributed by atoms with E-state index in [1.54, 1.807) is 17.0 Å². The molecule has 4 N–H and O–H groups in total. The highest BCUT2D eigenvalue weighted by atomic mass is 16.5. The van der Waals surface area contributed by atoms with E-state index >= 15 is 0 Å². The van der Waals surface area contributed by atoms with Crippen LogP contribution in [-0.4, -0.2) is 44.1 Å². The molecule has 0 amide bonds. The van der Waals surface area contributed by atoms with Gasteiger partial charge in [-0.1, -0.05) is 0 Å². The van der Waals surface area contributed by atoms with Crippen molar-refractivity contribution in [2.75, 3.05) is 24.4 Å². The van der Waals surface area contributed by atoms with E-state index in [0.29, 0.717) is 5.95 Å². The summed E-state index contributed by atoms with van der Waals surface area (Å²) in [5, 5.41) is 2.71. The van der Waals surface area contributed by atoms with Gasteiger partial charge in [0, 0.05) is 12.4 Å². The van der Waals surface area contributed by atoms with Gasteiger partial charge in [-0.2, -0.15) is 15.0 Å². The van der Waals surface area contributed by atoms with Crippen LogP contribution >= 0.6 is 0 Å². The Bertz CT molecular complexity index is 555. The Hall–Kier alpha value is -2.75. The van der Waals surface area contributed by atoms with Crippen molar-refractivity contribution in [2.24, 2.45) is 5.84 Å². The minimum Gasteiger partial charge on any atom is -0.468 e. The first-order chi connectivity index (χ1) is 9.22.